The Morgan fingerprint density at radius 2 is 1.75 bits per heavy atom. The number of carbonyl (C=O) groups is 1. The Hall–Kier alpha value is -3.58. The number of carboxylic acids is 1. The smallest absolute Gasteiger partial charge is 0.335 e. The maximum atomic E-state index is 11.5. The molecule has 4 nitrogen and oxygen atoms in total. The van der Waals surface area contributed by atoms with Gasteiger partial charge in [0.15, 0.2) is 0 Å². The predicted molar refractivity (Wildman–Crippen MR) is 106 cm³/mol. The fourth-order valence-corrected chi connectivity index (χ4v) is 4.87. The summed E-state index contributed by atoms with van der Waals surface area (Å²) in [5.74, 6) is -0.575. The van der Waals surface area contributed by atoms with Crippen molar-refractivity contribution in [3.63, 3.8) is 0 Å². The first-order chi connectivity index (χ1) is 13.7. The van der Waals surface area contributed by atoms with Gasteiger partial charge < -0.3 is 10.4 Å². The van der Waals surface area contributed by atoms with Gasteiger partial charge in [0.2, 0.25) is 0 Å². The van der Waals surface area contributed by atoms with Crippen LogP contribution in [0.1, 0.15) is 50.1 Å². The first-order valence-corrected chi connectivity index (χ1v) is 9.38. The average Bonchev–Trinajstić information content (AvgIpc) is 3.12. The number of carboxylic acid groups (broad SMARTS) is 1. The Morgan fingerprint density at radius 1 is 1.00 bits per heavy atom. The molecule has 0 fully saturated rings. The van der Waals surface area contributed by atoms with E-state index in [0.29, 0.717) is 11.1 Å². The van der Waals surface area contributed by atoms with E-state index in [1.165, 1.54) is 11.1 Å². The van der Waals surface area contributed by atoms with Gasteiger partial charge in [-0.15, -0.1) is 0 Å². The van der Waals surface area contributed by atoms with E-state index in [1.807, 2.05) is 36.4 Å². The monoisotopic (exact) mass is 366 g/mol. The van der Waals surface area contributed by atoms with E-state index in [0.717, 1.165) is 23.2 Å². The lowest BCUT2D eigenvalue weighted by atomic mass is 9.74. The van der Waals surface area contributed by atoms with Crippen molar-refractivity contribution in [1.82, 2.24) is 0 Å². The van der Waals surface area contributed by atoms with E-state index < -0.39 is 5.97 Å². The zero-order chi connectivity index (χ0) is 19.3. The number of fused-ring (bicyclic) bond motifs is 5. The largest absolute Gasteiger partial charge is 0.478 e. The normalized spacial score (nSPS) is 21.6. The maximum Gasteiger partial charge on any atom is 0.335 e. The summed E-state index contributed by atoms with van der Waals surface area (Å²) in [6, 6.07) is 23.8. The van der Waals surface area contributed by atoms with Gasteiger partial charge >= 0.3 is 5.97 Å². The molecular formula is C24H18N2O2. The Labute approximate surface area is 163 Å². The van der Waals surface area contributed by atoms with Crippen LogP contribution in [0.2, 0.25) is 0 Å². The Kier molecular flexibility index (Phi) is 3.70. The lowest BCUT2D eigenvalue weighted by Gasteiger charge is -2.38. The van der Waals surface area contributed by atoms with Crippen molar-refractivity contribution in [2.24, 2.45) is 5.92 Å². The van der Waals surface area contributed by atoms with E-state index in [9.17, 15) is 15.2 Å². The molecule has 0 saturated heterocycles. The Morgan fingerprint density at radius 3 is 2.54 bits per heavy atom. The van der Waals surface area contributed by atoms with Crippen LogP contribution in [0.3, 0.4) is 0 Å². The van der Waals surface area contributed by atoms with Crippen LogP contribution < -0.4 is 5.32 Å². The highest BCUT2D eigenvalue weighted by molar-refractivity contribution is 5.89. The van der Waals surface area contributed by atoms with Crippen LogP contribution in [0.5, 0.6) is 0 Å². The Balaban J connectivity index is 1.71. The van der Waals surface area contributed by atoms with Crippen LogP contribution >= 0.6 is 0 Å². The Bertz CT molecular complexity index is 1150. The topological polar surface area (TPSA) is 73.1 Å². The van der Waals surface area contributed by atoms with Crippen molar-refractivity contribution in [3.8, 4) is 6.07 Å². The fraction of sp³-hybridized carbons (Fsp3) is 0.167. The van der Waals surface area contributed by atoms with Crippen molar-refractivity contribution in [3.05, 3.63) is 100 Å². The van der Waals surface area contributed by atoms with Gasteiger partial charge in [-0.2, -0.15) is 5.26 Å². The summed E-state index contributed by atoms with van der Waals surface area (Å²) in [5, 5.41) is 22.7. The zero-order valence-electron chi connectivity index (χ0n) is 15.1. The number of rotatable bonds is 2. The molecule has 5 rings (SSSR count). The van der Waals surface area contributed by atoms with Gasteiger partial charge in [0, 0.05) is 11.6 Å². The lowest BCUT2D eigenvalue weighted by Crippen LogP contribution is -2.31. The van der Waals surface area contributed by atoms with Gasteiger partial charge in [-0.25, -0.2) is 4.79 Å². The summed E-state index contributed by atoms with van der Waals surface area (Å²) in [6.07, 6.45) is 0.898. The third kappa shape index (κ3) is 2.40. The molecule has 3 atom stereocenters. The van der Waals surface area contributed by atoms with Gasteiger partial charge in [0.1, 0.15) is 0 Å². The summed E-state index contributed by atoms with van der Waals surface area (Å²) in [4.78, 5) is 11.5. The molecule has 3 aromatic rings. The average molecular weight is 366 g/mol. The molecular weight excluding hydrogens is 348 g/mol. The van der Waals surface area contributed by atoms with Crippen molar-refractivity contribution in [1.29, 1.82) is 5.26 Å². The SMILES string of the molecule is N#Cc1ccccc1[C@@H]1Nc2ccc(C(=O)O)cc2[C@@H]2c3ccccc3C[C@@H]21. The molecule has 0 aromatic heterocycles. The summed E-state index contributed by atoms with van der Waals surface area (Å²) >= 11 is 0. The van der Waals surface area contributed by atoms with E-state index >= 15 is 0 Å². The lowest BCUT2D eigenvalue weighted by molar-refractivity contribution is 0.0696. The predicted octanol–water partition coefficient (Wildman–Crippen LogP) is 4.73. The molecule has 0 unspecified atom stereocenters. The third-order valence-electron chi connectivity index (χ3n) is 6.06. The van der Waals surface area contributed by atoms with Gasteiger partial charge in [0.25, 0.3) is 0 Å². The molecule has 2 aliphatic rings. The molecule has 4 heteroatoms. The summed E-state index contributed by atoms with van der Waals surface area (Å²) in [7, 11) is 0. The molecule has 1 aliphatic carbocycles. The molecule has 1 heterocycles. The number of hydrogen-bond acceptors (Lipinski definition) is 3. The molecule has 136 valence electrons. The van der Waals surface area contributed by atoms with Gasteiger partial charge in [-0.3, -0.25) is 0 Å². The standard InChI is InChI=1S/C24H18N2O2/c25-13-16-6-2-4-8-18(16)23-20-11-14-5-1-3-7-17(14)22(20)19-12-15(24(27)28)9-10-21(19)26-23/h1-10,12,20,22-23,26H,11H2,(H,27,28)/t20-,22-,23-/m0/s1. The van der Waals surface area contributed by atoms with Crippen LogP contribution in [0.4, 0.5) is 5.69 Å². The minimum Gasteiger partial charge on any atom is -0.478 e. The number of anilines is 1. The quantitative estimate of drug-likeness (QED) is 0.688. The molecule has 3 aromatic carbocycles. The number of benzene rings is 3. The second-order valence-corrected chi connectivity index (χ2v) is 7.47. The van der Waals surface area contributed by atoms with Crippen LogP contribution in [0.15, 0.2) is 66.7 Å². The molecule has 0 radical (unpaired) electrons. The minimum atomic E-state index is -0.914. The number of nitrogens with zero attached hydrogens (tertiary/aromatic N) is 1. The molecule has 0 spiro atoms. The molecule has 1 aliphatic heterocycles. The van der Waals surface area contributed by atoms with Crippen LogP contribution in [-0.4, -0.2) is 11.1 Å². The zero-order valence-corrected chi connectivity index (χ0v) is 15.1. The van der Waals surface area contributed by atoms with E-state index in [4.69, 9.17) is 0 Å². The maximum absolute atomic E-state index is 11.5. The number of hydrogen-bond donors (Lipinski definition) is 2. The van der Waals surface area contributed by atoms with E-state index in [-0.39, 0.29) is 17.9 Å². The number of aromatic carboxylic acids is 1. The second-order valence-electron chi connectivity index (χ2n) is 7.47. The fourth-order valence-electron chi connectivity index (χ4n) is 4.87. The van der Waals surface area contributed by atoms with Crippen molar-refractivity contribution >= 4 is 11.7 Å². The van der Waals surface area contributed by atoms with Gasteiger partial charge in [0.05, 0.1) is 23.2 Å². The van der Waals surface area contributed by atoms with Crippen molar-refractivity contribution in [2.75, 3.05) is 5.32 Å². The van der Waals surface area contributed by atoms with Crippen molar-refractivity contribution in [2.45, 2.75) is 18.4 Å². The van der Waals surface area contributed by atoms with Crippen LogP contribution in [0, 0.1) is 17.2 Å². The number of nitrogens with one attached hydrogen (secondary N) is 1. The molecule has 0 bridgehead atoms. The summed E-state index contributed by atoms with van der Waals surface area (Å²) in [5.41, 5.74) is 6.52. The first-order valence-electron chi connectivity index (χ1n) is 9.38. The van der Waals surface area contributed by atoms with Crippen molar-refractivity contribution < 1.29 is 9.90 Å². The molecule has 0 amide bonds. The highest BCUT2D eigenvalue weighted by Crippen LogP contribution is 2.54. The highest BCUT2D eigenvalue weighted by atomic mass is 16.4. The van der Waals surface area contributed by atoms with E-state index in [2.05, 4.69) is 29.6 Å². The van der Waals surface area contributed by atoms with Gasteiger partial charge in [-0.05, 0) is 58.9 Å². The second kappa shape index (κ2) is 6.24. The summed E-state index contributed by atoms with van der Waals surface area (Å²) < 4.78 is 0. The van der Waals surface area contributed by atoms with Crippen LogP contribution in [0.25, 0.3) is 0 Å². The molecule has 28 heavy (non-hydrogen) atoms. The molecule has 0 saturated carbocycles. The van der Waals surface area contributed by atoms with Crippen LogP contribution in [-0.2, 0) is 6.42 Å². The van der Waals surface area contributed by atoms with E-state index in [1.54, 1.807) is 12.1 Å². The van der Waals surface area contributed by atoms with Gasteiger partial charge in [-0.1, -0.05) is 42.5 Å². The number of nitriles is 1. The summed E-state index contributed by atoms with van der Waals surface area (Å²) in [6.45, 7) is 0. The minimum absolute atomic E-state index is 0.00331. The highest BCUT2D eigenvalue weighted by Gasteiger charge is 2.43. The first kappa shape index (κ1) is 16.6. The third-order valence-corrected chi connectivity index (χ3v) is 6.06. The molecule has 2 N–H and O–H groups in total.